The van der Waals surface area contributed by atoms with Gasteiger partial charge in [0, 0.05) is 108 Å². The molecule has 0 bridgehead atoms. The number of carbonyl (C=O) groups excluding carboxylic acids is 3. The van der Waals surface area contributed by atoms with Crippen molar-refractivity contribution in [2.75, 3.05) is 75.0 Å². The van der Waals surface area contributed by atoms with E-state index in [2.05, 4.69) is 50.7 Å². The van der Waals surface area contributed by atoms with E-state index in [9.17, 15) is 27.0 Å². The Kier molecular flexibility index (Phi) is 20.5. The van der Waals surface area contributed by atoms with Gasteiger partial charge in [-0.25, -0.2) is 0 Å². The second-order valence-electron chi connectivity index (χ2n) is 19.3. The molecule has 3 unspecified atom stereocenters. The first-order valence-electron chi connectivity index (χ1n) is 26.2. The van der Waals surface area contributed by atoms with Gasteiger partial charge in [-0.15, -0.1) is 0 Å². The molecule has 15 nitrogen and oxygen atoms in total. The van der Waals surface area contributed by atoms with Crippen LogP contribution in [0, 0.1) is 0 Å². The van der Waals surface area contributed by atoms with Crippen LogP contribution < -0.4 is 41.2 Å². The highest BCUT2D eigenvalue weighted by molar-refractivity contribution is 8.04. The van der Waals surface area contributed by atoms with Gasteiger partial charge in [0.2, 0.25) is 0 Å². The van der Waals surface area contributed by atoms with Crippen molar-refractivity contribution < 1.29 is 41.2 Å². The zero-order valence-electron chi connectivity index (χ0n) is 45.0. The number of halogens is 3. The largest absolute Gasteiger partial charge is 0.493 e. The van der Waals surface area contributed by atoms with Gasteiger partial charge in [0.15, 0.2) is 0 Å². The van der Waals surface area contributed by atoms with Crippen molar-refractivity contribution in [3.05, 3.63) is 174 Å². The quantitative estimate of drug-likeness (QED) is 0.0402. The predicted octanol–water partition coefficient (Wildman–Crippen LogP) is 11.1. The monoisotopic (exact) mass is 1220 g/mol. The molecule has 1 fully saturated rings. The van der Waals surface area contributed by atoms with Crippen LogP contribution in [0.15, 0.2) is 140 Å². The molecule has 6 aromatic rings. The molecule has 82 heavy (non-hydrogen) atoms. The van der Waals surface area contributed by atoms with E-state index in [-0.39, 0.29) is 17.7 Å². The number of nitrogens with one attached hydrogen (secondary N) is 4. The number of hydrogen-bond acceptors (Lipinski definition) is 12. The van der Waals surface area contributed by atoms with E-state index < -0.39 is 28.6 Å². The van der Waals surface area contributed by atoms with Gasteiger partial charge in [0.1, 0.15) is 23.9 Å². The molecule has 3 atom stereocenters. The fourth-order valence-electron chi connectivity index (χ4n) is 8.74. The number of hydrogen-bond donors (Lipinski definition) is 5. The number of fused-ring (bicyclic) bond motifs is 3. The number of rotatable bonds is 18. The van der Waals surface area contributed by atoms with Crippen molar-refractivity contribution >= 4 is 134 Å². The van der Waals surface area contributed by atoms with Crippen LogP contribution in [0.1, 0.15) is 74.0 Å². The summed E-state index contributed by atoms with van der Waals surface area (Å²) in [5.41, 5.74) is 10.7. The van der Waals surface area contributed by atoms with Crippen molar-refractivity contribution in [3.63, 3.8) is 0 Å². The fourth-order valence-corrected chi connectivity index (χ4v) is 13.4. The number of unbranched alkanes of at least 4 members (excludes halogenated alkanes) is 1. The first-order valence-corrected chi connectivity index (χ1v) is 32.7. The number of ether oxygens (including phenoxy) is 3. The van der Waals surface area contributed by atoms with Crippen LogP contribution in [0.4, 0.5) is 17.1 Å². The summed E-state index contributed by atoms with van der Waals surface area (Å²) in [6.07, 6.45) is 7.93. The average Bonchev–Trinajstić information content (AvgIpc) is 4.08. The summed E-state index contributed by atoms with van der Waals surface area (Å²) >= 11 is 18.2. The Bertz CT molecular complexity index is 3680. The molecule has 21 heteroatoms. The third kappa shape index (κ3) is 15.8. The van der Waals surface area contributed by atoms with Crippen LogP contribution >= 0.6 is 34.8 Å². The maximum Gasteiger partial charge on any atom is 0.259 e. The Hall–Kier alpha value is -6.84. The molecule has 0 saturated carbocycles. The third-order valence-corrected chi connectivity index (χ3v) is 18.9. The first kappa shape index (κ1) is 61.2. The normalized spacial score (nSPS) is 18.8. The van der Waals surface area contributed by atoms with E-state index in [1.165, 1.54) is 0 Å². The molecular weight excluding hydrogens is 1160 g/mol. The maximum absolute atomic E-state index is 12.9. The number of benzene rings is 6. The summed E-state index contributed by atoms with van der Waals surface area (Å²) in [4.78, 5) is 42.6. The second kappa shape index (κ2) is 27.5. The van der Waals surface area contributed by atoms with Gasteiger partial charge in [-0.2, -0.15) is 0 Å². The van der Waals surface area contributed by atoms with Gasteiger partial charge in [0.05, 0.1) is 29.9 Å². The van der Waals surface area contributed by atoms with E-state index in [1.54, 1.807) is 132 Å². The van der Waals surface area contributed by atoms with Crippen molar-refractivity contribution in [2.24, 2.45) is 5.73 Å². The van der Waals surface area contributed by atoms with Crippen molar-refractivity contribution in [1.29, 1.82) is 0 Å². The van der Waals surface area contributed by atoms with Gasteiger partial charge < -0.3 is 41.2 Å². The Morgan fingerprint density at radius 1 is 0.537 bits per heavy atom. The highest BCUT2D eigenvalue weighted by Crippen LogP contribution is 2.34. The summed E-state index contributed by atoms with van der Waals surface area (Å²) < 4.78 is 54.6. The van der Waals surface area contributed by atoms with Gasteiger partial charge >= 0.3 is 0 Å². The summed E-state index contributed by atoms with van der Waals surface area (Å²) in [6, 6.07) is 30.7. The lowest BCUT2D eigenvalue weighted by atomic mass is 10.1. The number of piperazine rings is 1. The molecule has 0 aromatic heterocycles. The smallest absolute Gasteiger partial charge is 0.259 e. The summed E-state index contributed by atoms with van der Waals surface area (Å²) in [5.74, 6) is 11.6. The molecule has 0 radical (unpaired) electrons. The van der Waals surface area contributed by atoms with E-state index in [0.29, 0.717) is 114 Å². The Labute approximate surface area is 494 Å². The lowest BCUT2D eigenvalue weighted by Gasteiger charge is -2.27. The third-order valence-electron chi connectivity index (χ3n) is 13.1. The Morgan fingerprint density at radius 2 is 0.890 bits per heavy atom. The Morgan fingerprint density at radius 3 is 1.24 bits per heavy atom. The fraction of sp³-hybridized carbons (Fsp3) is 0.213. The van der Waals surface area contributed by atoms with Crippen LogP contribution in [0.25, 0.3) is 18.2 Å². The van der Waals surface area contributed by atoms with Gasteiger partial charge in [-0.3, -0.25) is 31.9 Å². The Balaban J connectivity index is 0.000000162. The highest BCUT2D eigenvalue weighted by Gasteiger charge is 2.23. The summed E-state index contributed by atoms with van der Waals surface area (Å²) in [5, 5.41) is 17.9. The van der Waals surface area contributed by atoms with E-state index >= 15 is 0 Å². The zero-order valence-corrected chi connectivity index (χ0v) is 49.7. The van der Waals surface area contributed by atoms with Crippen molar-refractivity contribution in [2.45, 2.75) is 40.9 Å². The molecule has 4 aliphatic heterocycles. The summed E-state index contributed by atoms with van der Waals surface area (Å²) in [7, 11) is -7.34. The van der Waals surface area contributed by atoms with Crippen LogP contribution in [0.2, 0.25) is 15.1 Å². The molecular formula is C61H63Cl3N6O9S3. The SMILES string of the molecule is C=S1(=O)C=Cc2ccc(NC(=O)c3cc(Cl)ccc3OCCCC)cc21.C=S1(=O)C=Cc2ccc(NC(=O)c3cc(Cl)ccc3OCCCN)cc21.C=S1(=O)C=Cc2ccc(NC(=O)c3cc(Cl)ccc3OCCN3CCNCC3)cc21. The number of anilines is 3. The summed E-state index contributed by atoms with van der Waals surface area (Å²) in [6.45, 7) is 8.72. The molecule has 0 spiro atoms. The standard InChI is InChI=1S/C22H24ClN3O3S.C20H20ClNO3S.C19H19ClN2O3S/c1-30(28)13-6-16-2-4-18(15-21(16)30)25-22(27)19-14-17(23)3-5-20(19)29-12-11-26-9-7-24-8-10-26;1-3-4-10-25-18-8-6-15(21)12-17(18)20(23)22-16-7-5-14-9-11-26(2,24)19(14)13-16;1-26(24)10-7-13-3-5-15(12-18(13)26)22-19(23)16-11-14(20)4-6-17(16)25-9-2-8-21/h2-6,13-15,24H,1,7-12H2,(H,25,27);5-9,11-13H,2-4,10H2,1H3,(H,22,23);3-7,10-12H,1-2,8-9,21H2,(H,22,23). The molecule has 1 saturated heterocycles. The predicted molar refractivity (Wildman–Crippen MR) is 340 cm³/mol. The molecule has 0 aliphatic carbocycles. The highest BCUT2D eigenvalue weighted by atomic mass is 35.5. The van der Waals surface area contributed by atoms with Gasteiger partial charge in [-0.1, -0.05) is 66.3 Å². The van der Waals surface area contributed by atoms with Gasteiger partial charge in [-0.05, 0) is 179 Å². The van der Waals surface area contributed by atoms with E-state index in [1.807, 2.05) is 12.1 Å². The second-order valence-corrected chi connectivity index (χ2v) is 27.1. The molecule has 3 amide bonds. The number of nitrogens with zero attached hydrogens (tertiary/aromatic N) is 1. The van der Waals surface area contributed by atoms with Crippen molar-refractivity contribution in [3.8, 4) is 17.2 Å². The molecule has 6 N–H and O–H groups in total. The molecule has 6 aromatic carbocycles. The lowest BCUT2D eigenvalue weighted by Crippen LogP contribution is -2.44. The van der Waals surface area contributed by atoms with Gasteiger partial charge in [0.25, 0.3) is 17.7 Å². The van der Waals surface area contributed by atoms with Crippen LogP contribution in [-0.2, 0) is 28.6 Å². The molecule has 4 aliphatic rings. The minimum absolute atomic E-state index is 0.323. The number of nitrogens with two attached hydrogens (primary N) is 1. The van der Waals surface area contributed by atoms with Crippen LogP contribution in [0.5, 0.6) is 17.2 Å². The molecule has 4 heterocycles. The van der Waals surface area contributed by atoms with Crippen LogP contribution in [0.3, 0.4) is 0 Å². The van der Waals surface area contributed by atoms with Crippen LogP contribution in [-0.4, -0.2) is 112 Å². The molecule has 10 rings (SSSR count). The van der Waals surface area contributed by atoms with E-state index in [4.69, 9.17) is 54.7 Å². The zero-order chi connectivity index (χ0) is 58.6. The first-order chi connectivity index (χ1) is 39.2. The minimum Gasteiger partial charge on any atom is -0.493 e. The van der Waals surface area contributed by atoms with Crippen molar-refractivity contribution in [1.82, 2.24) is 10.2 Å². The average molecular weight is 1230 g/mol. The van der Waals surface area contributed by atoms with E-state index in [0.717, 1.165) is 62.3 Å². The number of carbonyl (C=O) groups is 3. The lowest BCUT2D eigenvalue weighted by molar-refractivity contribution is 0.101. The molecule has 430 valence electrons. The topological polar surface area (TPSA) is 207 Å². The maximum atomic E-state index is 12.9. The minimum atomic E-state index is -2.45. The number of amides is 3.